The number of nitrogens with one attached hydrogen (secondary N) is 1. The predicted molar refractivity (Wildman–Crippen MR) is 110 cm³/mol. The molecule has 2 aromatic rings. The van der Waals surface area contributed by atoms with Crippen molar-refractivity contribution in [3.8, 4) is 0 Å². The summed E-state index contributed by atoms with van der Waals surface area (Å²) in [6.07, 6.45) is 2.38. The first-order valence-corrected chi connectivity index (χ1v) is 11.1. The highest BCUT2D eigenvalue weighted by Gasteiger charge is 2.30. The van der Waals surface area contributed by atoms with Crippen molar-refractivity contribution in [2.24, 2.45) is 0 Å². The Balaban J connectivity index is 1.71. The third-order valence-corrected chi connectivity index (χ3v) is 7.01. The fourth-order valence-corrected chi connectivity index (χ4v) is 4.85. The van der Waals surface area contributed by atoms with Crippen LogP contribution in [0.1, 0.15) is 23.7 Å². The number of rotatable bonds is 7. The molecule has 1 atom stereocenters. The maximum Gasteiger partial charge on any atom is 0.256 e. The van der Waals surface area contributed by atoms with E-state index in [1.807, 2.05) is 6.92 Å². The van der Waals surface area contributed by atoms with E-state index in [-0.39, 0.29) is 23.1 Å². The van der Waals surface area contributed by atoms with Crippen molar-refractivity contribution in [1.82, 2.24) is 14.2 Å². The number of carbonyl (C=O) groups is 1. The second-order valence-corrected chi connectivity index (χ2v) is 8.82. The van der Waals surface area contributed by atoms with E-state index in [4.69, 9.17) is 0 Å². The highest BCUT2D eigenvalue weighted by molar-refractivity contribution is 7.89. The number of sulfonamides is 1. The highest BCUT2D eigenvalue weighted by atomic mass is 32.2. The van der Waals surface area contributed by atoms with E-state index in [1.165, 1.54) is 16.4 Å². The topological polar surface area (TPSA) is 103 Å². The Bertz CT molecular complexity index is 925. The van der Waals surface area contributed by atoms with E-state index in [2.05, 4.69) is 15.2 Å². The fraction of sp³-hybridized carbons (Fsp3) is 0.400. The number of nitrogens with zero attached hydrogens (tertiary/aromatic N) is 3. The molecular formula is C20H26N4O4S. The number of hydrogen-bond donors (Lipinski definition) is 2. The van der Waals surface area contributed by atoms with Gasteiger partial charge in [-0.3, -0.25) is 9.69 Å². The number of hydrogen-bond acceptors (Lipinski definition) is 6. The van der Waals surface area contributed by atoms with Crippen LogP contribution in [0.3, 0.4) is 0 Å². The molecule has 1 aliphatic heterocycles. The molecule has 2 heterocycles. The van der Waals surface area contributed by atoms with Crippen LogP contribution < -0.4 is 5.32 Å². The van der Waals surface area contributed by atoms with Crippen LogP contribution >= 0.6 is 0 Å². The van der Waals surface area contributed by atoms with Crippen LogP contribution in [0, 0.1) is 0 Å². The van der Waals surface area contributed by atoms with Gasteiger partial charge in [0.1, 0.15) is 5.82 Å². The number of benzene rings is 1. The van der Waals surface area contributed by atoms with Crippen molar-refractivity contribution in [3.63, 3.8) is 0 Å². The van der Waals surface area contributed by atoms with Gasteiger partial charge >= 0.3 is 0 Å². The van der Waals surface area contributed by atoms with Gasteiger partial charge in [-0.05, 0) is 36.8 Å². The van der Waals surface area contributed by atoms with Crippen LogP contribution in [0.2, 0.25) is 0 Å². The lowest BCUT2D eigenvalue weighted by Crippen LogP contribution is -2.52. The molecule has 0 saturated carbocycles. The first-order valence-electron chi connectivity index (χ1n) is 9.63. The Hall–Kier alpha value is -2.33. The summed E-state index contributed by atoms with van der Waals surface area (Å²) >= 11 is 0. The third-order valence-electron chi connectivity index (χ3n) is 5.11. The molecule has 3 rings (SSSR count). The minimum atomic E-state index is -3.70. The van der Waals surface area contributed by atoms with Crippen LogP contribution in [0.4, 0.5) is 5.82 Å². The first-order chi connectivity index (χ1) is 14.0. The Kier molecular flexibility index (Phi) is 6.96. The molecule has 0 spiro atoms. The maximum atomic E-state index is 13.0. The quantitative estimate of drug-likeness (QED) is 0.705. The molecule has 1 aromatic heterocycles. The van der Waals surface area contributed by atoms with Crippen molar-refractivity contribution in [1.29, 1.82) is 0 Å². The van der Waals surface area contributed by atoms with Gasteiger partial charge in [-0.2, -0.15) is 4.31 Å². The third kappa shape index (κ3) is 4.99. The lowest BCUT2D eigenvalue weighted by atomic mass is 10.2. The van der Waals surface area contributed by atoms with Gasteiger partial charge < -0.3 is 10.4 Å². The average Bonchev–Trinajstić information content (AvgIpc) is 2.76. The van der Waals surface area contributed by atoms with E-state index < -0.39 is 15.9 Å². The maximum absolute atomic E-state index is 13.0. The lowest BCUT2D eigenvalue weighted by Gasteiger charge is -2.37. The van der Waals surface area contributed by atoms with Crippen LogP contribution in [-0.4, -0.2) is 72.4 Å². The molecule has 1 aliphatic rings. The van der Waals surface area contributed by atoms with Gasteiger partial charge in [-0.1, -0.05) is 19.1 Å². The standard InChI is InChI=1S/C20H26N4O4S/c1-2-17(15-25)23-10-12-24(13-11-23)29(27,28)18-7-5-6-16(14-18)20(26)22-19-8-3-4-9-21-19/h3-9,14,17,25H,2,10-13,15H2,1H3,(H,21,22,26). The predicted octanol–water partition coefficient (Wildman–Crippen LogP) is 1.41. The second kappa shape index (κ2) is 9.45. The molecule has 156 valence electrons. The minimum Gasteiger partial charge on any atom is -0.395 e. The SMILES string of the molecule is CCC(CO)N1CCN(S(=O)(=O)c2cccc(C(=O)Nc3ccccn3)c2)CC1. The number of aliphatic hydroxyl groups is 1. The zero-order valence-electron chi connectivity index (χ0n) is 16.4. The van der Waals surface area contributed by atoms with Gasteiger partial charge in [0.25, 0.3) is 5.91 Å². The Morgan fingerprint density at radius 3 is 2.55 bits per heavy atom. The smallest absolute Gasteiger partial charge is 0.256 e. The number of piperazine rings is 1. The normalized spacial score (nSPS) is 17.0. The molecular weight excluding hydrogens is 392 g/mol. The number of aliphatic hydroxyl groups excluding tert-OH is 1. The summed E-state index contributed by atoms with van der Waals surface area (Å²) in [5, 5.41) is 12.1. The van der Waals surface area contributed by atoms with E-state index in [9.17, 15) is 18.3 Å². The molecule has 2 N–H and O–H groups in total. The Morgan fingerprint density at radius 2 is 1.93 bits per heavy atom. The van der Waals surface area contributed by atoms with Gasteiger partial charge in [-0.15, -0.1) is 0 Å². The molecule has 1 aromatic carbocycles. The number of carbonyl (C=O) groups excluding carboxylic acids is 1. The van der Waals surface area contributed by atoms with E-state index in [0.717, 1.165) is 6.42 Å². The van der Waals surface area contributed by atoms with E-state index >= 15 is 0 Å². The van der Waals surface area contributed by atoms with Gasteiger partial charge in [-0.25, -0.2) is 13.4 Å². The van der Waals surface area contributed by atoms with Gasteiger partial charge in [0.15, 0.2) is 0 Å². The summed E-state index contributed by atoms with van der Waals surface area (Å²) in [4.78, 5) is 18.7. The number of anilines is 1. The summed E-state index contributed by atoms with van der Waals surface area (Å²) in [7, 11) is -3.70. The fourth-order valence-electron chi connectivity index (χ4n) is 3.38. The number of pyridine rings is 1. The molecule has 1 unspecified atom stereocenters. The largest absolute Gasteiger partial charge is 0.395 e. The molecule has 9 heteroatoms. The first kappa shape index (κ1) is 21.4. The lowest BCUT2D eigenvalue weighted by molar-refractivity contribution is 0.0881. The van der Waals surface area contributed by atoms with Gasteiger partial charge in [0, 0.05) is 44.0 Å². The Labute approximate surface area is 171 Å². The summed E-state index contributed by atoms with van der Waals surface area (Å²) in [6, 6.07) is 11.2. The van der Waals surface area contributed by atoms with E-state index in [1.54, 1.807) is 36.5 Å². The summed E-state index contributed by atoms with van der Waals surface area (Å²) in [5.41, 5.74) is 0.252. The molecule has 0 bridgehead atoms. The molecule has 1 saturated heterocycles. The van der Waals surface area contributed by atoms with Crippen LogP contribution in [-0.2, 0) is 10.0 Å². The van der Waals surface area contributed by atoms with Crippen molar-refractivity contribution in [3.05, 3.63) is 54.2 Å². The summed E-state index contributed by atoms with van der Waals surface area (Å²) < 4.78 is 27.5. The van der Waals surface area contributed by atoms with Gasteiger partial charge in [0.2, 0.25) is 10.0 Å². The van der Waals surface area contributed by atoms with Crippen LogP contribution in [0.15, 0.2) is 53.6 Å². The summed E-state index contributed by atoms with van der Waals surface area (Å²) in [5.74, 6) is -0.0180. The van der Waals surface area contributed by atoms with E-state index in [0.29, 0.717) is 32.0 Å². The average molecular weight is 419 g/mol. The molecule has 29 heavy (non-hydrogen) atoms. The zero-order valence-corrected chi connectivity index (χ0v) is 17.2. The molecule has 1 fully saturated rings. The minimum absolute atomic E-state index is 0.0541. The van der Waals surface area contributed by atoms with Gasteiger partial charge in [0.05, 0.1) is 11.5 Å². The molecule has 0 radical (unpaired) electrons. The molecule has 0 aliphatic carbocycles. The second-order valence-electron chi connectivity index (χ2n) is 6.88. The zero-order chi connectivity index (χ0) is 20.9. The monoisotopic (exact) mass is 418 g/mol. The molecule has 1 amide bonds. The van der Waals surface area contributed by atoms with Crippen LogP contribution in [0.5, 0.6) is 0 Å². The summed E-state index contributed by atoms with van der Waals surface area (Å²) in [6.45, 7) is 3.91. The van der Waals surface area contributed by atoms with Crippen molar-refractivity contribution in [2.75, 3.05) is 38.1 Å². The van der Waals surface area contributed by atoms with Crippen molar-refractivity contribution < 1.29 is 18.3 Å². The highest BCUT2D eigenvalue weighted by Crippen LogP contribution is 2.20. The Morgan fingerprint density at radius 1 is 1.17 bits per heavy atom. The number of amides is 1. The van der Waals surface area contributed by atoms with Crippen LogP contribution in [0.25, 0.3) is 0 Å². The molecule has 8 nitrogen and oxygen atoms in total. The van der Waals surface area contributed by atoms with Crippen molar-refractivity contribution >= 4 is 21.7 Å². The van der Waals surface area contributed by atoms with Crippen molar-refractivity contribution in [2.45, 2.75) is 24.3 Å². The number of aromatic nitrogens is 1.